The van der Waals surface area contributed by atoms with Crippen LogP contribution in [0, 0.1) is 6.92 Å². The van der Waals surface area contributed by atoms with Gasteiger partial charge in [0.2, 0.25) is 0 Å². The molecule has 7 heteroatoms. The van der Waals surface area contributed by atoms with E-state index < -0.39 is 0 Å². The van der Waals surface area contributed by atoms with Crippen molar-refractivity contribution < 1.29 is 0 Å². The molecule has 4 aromatic rings. The Labute approximate surface area is 160 Å². The Morgan fingerprint density at radius 3 is 2.67 bits per heavy atom. The largest absolute Gasteiger partial charge is 0.302 e. The van der Waals surface area contributed by atoms with E-state index in [1.807, 2.05) is 49.4 Å². The van der Waals surface area contributed by atoms with Crippen molar-refractivity contribution in [3.8, 4) is 11.4 Å². The lowest BCUT2D eigenvalue weighted by Crippen LogP contribution is -2.15. The van der Waals surface area contributed by atoms with Gasteiger partial charge in [-0.25, -0.2) is 4.98 Å². The molecule has 27 heavy (non-hydrogen) atoms. The lowest BCUT2D eigenvalue weighted by atomic mass is 10.2. The van der Waals surface area contributed by atoms with Gasteiger partial charge < -0.3 is 4.57 Å². The average molecular weight is 377 g/mol. The van der Waals surface area contributed by atoms with Crippen LogP contribution in [0.4, 0.5) is 0 Å². The summed E-state index contributed by atoms with van der Waals surface area (Å²) in [6, 6.07) is 15.4. The first-order valence-corrected chi connectivity index (χ1v) is 9.74. The summed E-state index contributed by atoms with van der Waals surface area (Å²) in [6.07, 6.45) is 1.76. The summed E-state index contributed by atoms with van der Waals surface area (Å²) in [6.45, 7) is 4.83. The SMILES string of the molecule is CCn1c(SCc2cc(=O)n3ccc(C)cc3n2)nnc1-c1ccccc1. The molecule has 6 nitrogen and oxygen atoms in total. The van der Waals surface area contributed by atoms with Crippen molar-refractivity contribution in [1.82, 2.24) is 24.1 Å². The van der Waals surface area contributed by atoms with Crippen molar-refractivity contribution in [2.45, 2.75) is 31.3 Å². The van der Waals surface area contributed by atoms with E-state index in [-0.39, 0.29) is 5.56 Å². The highest BCUT2D eigenvalue weighted by atomic mass is 32.2. The van der Waals surface area contributed by atoms with Gasteiger partial charge in [0, 0.05) is 30.1 Å². The maximum Gasteiger partial charge on any atom is 0.258 e. The standard InChI is InChI=1S/C20H19N5OS/c1-3-24-19(15-7-5-4-6-8-15)22-23-20(24)27-13-16-12-18(26)25-10-9-14(2)11-17(25)21-16/h4-12H,3,13H2,1-2H3. The molecule has 136 valence electrons. The third-order valence-corrected chi connectivity index (χ3v) is 5.29. The Morgan fingerprint density at radius 1 is 1.07 bits per heavy atom. The smallest absolute Gasteiger partial charge is 0.258 e. The Hall–Kier alpha value is -2.93. The van der Waals surface area contributed by atoms with Gasteiger partial charge in [0.05, 0.1) is 5.69 Å². The fraction of sp³-hybridized carbons (Fsp3) is 0.200. The third kappa shape index (κ3) is 3.50. The van der Waals surface area contributed by atoms with Crippen molar-refractivity contribution in [1.29, 1.82) is 0 Å². The fourth-order valence-corrected chi connectivity index (χ4v) is 3.84. The molecule has 0 aliphatic carbocycles. The number of hydrogen-bond acceptors (Lipinski definition) is 5. The summed E-state index contributed by atoms with van der Waals surface area (Å²) in [4.78, 5) is 16.9. The number of hydrogen-bond donors (Lipinski definition) is 0. The van der Waals surface area contributed by atoms with Gasteiger partial charge in [-0.1, -0.05) is 42.1 Å². The van der Waals surface area contributed by atoms with Crippen LogP contribution >= 0.6 is 11.8 Å². The fourth-order valence-electron chi connectivity index (χ4n) is 2.95. The molecular formula is C20H19N5OS. The first-order chi connectivity index (χ1) is 13.2. The van der Waals surface area contributed by atoms with Gasteiger partial charge in [-0.15, -0.1) is 10.2 Å². The molecule has 4 rings (SSSR count). The third-order valence-electron chi connectivity index (χ3n) is 4.29. The van der Waals surface area contributed by atoms with Gasteiger partial charge in [0.25, 0.3) is 5.56 Å². The summed E-state index contributed by atoms with van der Waals surface area (Å²) in [5, 5.41) is 9.52. The van der Waals surface area contributed by atoms with E-state index in [9.17, 15) is 4.79 Å². The lowest BCUT2D eigenvalue weighted by Gasteiger charge is -2.08. The van der Waals surface area contributed by atoms with E-state index >= 15 is 0 Å². The minimum absolute atomic E-state index is 0.0717. The molecule has 0 bridgehead atoms. The second-order valence-electron chi connectivity index (χ2n) is 6.22. The van der Waals surface area contributed by atoms with Gasteiger partial charge in [-0.05, 0) is 31.5 Å². The molecule has 0 aliphatic heterocycles. The first kappa shape index (κ1) is 17.5. The zero-order valence-electron chi connectivity index (χ0n) is 15.2. The van der Waals surface area contributed by atoms with Crippen LogP contribution in [0.1, 0.15) is 18.2 Å². The van der Waals surface area contributed by atoms with Crippen LogP contribution in [-0.2, 0) is 12.3 Å². The zero-order chi connectivity index (χ0) is 18.8. The highest BCUT2D eigenvalue weighted by molar-refractivity contribution is 7.98. The molecule has 0 saturated heterocycles. The van der Waals surface area contributed by atoms with Crippen LogP contribution in [0.3, 0.4) is 0 Å². The minimum atomic E-state index is -0.0717. The van der Waals surface area contributed by atoms with Crippen LogP contribution < -0.4 is 5.56 Å². The Balaban J connectivity index is 1.62. The van der Waals surface area contributed by atoms with E-state index in [1.54, 1.807) is 28.4 Å². The number of aryl methyl sites for hydroxylation is 1. The molecular weight excluding hydrogens is 358 g/mol. The van der Waals surface area contributed by atoms with Crippen molar-refractivity contribution in [2.75, 3.05) is 0 Å². The number of fused-ring (bicyclic) bond motifs is 1. The number of nitrogens with zero attached hydrogens (tertiary/aromatic N) is 5. The van der Waals surface area contributed by atoms with Gasteiger partial charge in [-0.2, -0.15) is 0 Å². The maximum absolute atomic E-state index is 12.3. The molecule has 0 spiro atoms. The minimum Gasteiger partial charge on any atom is -0.302 e. The molecule has 1 aromatic carbocycles. The monoisotopic (exact) mass is 377 g/mol. The molecule has 0 N–H and O–H groups in total. The summed E-state index contributed by atoms with van der Waals surface area (Å²) < 4.78 is 3.64. The Kier molecular flexibility index (Phi) is 4.77. The summed E-state index contributed by atoms with van der Waals surface area (Å²) in [5.74, 6) is 1.41. The summed E-state index contributed by atoms with van der Waals surface area (Å²) in [7, 11) is 0. The van der Waals surface area contributed by atoms with E-state index in [2.05, 4.69) is 26.7 Å². The van der Waals surface area contributed by atoms with E-state index in [1.165, 1.54) is 0 Å². The van der Waals surface area contributed by atoms with Crippen LogP contribution in [-0.4, -0.2) is 24.1 Å². The number of benzene rings is 1. The maximum atomic E-state index is 12.3. The van der Waals surface area contributed by atoms with Crippen molar-refractivity contribution in [3.63, 3.8) is 0 Å². The van der Waals surface area contributed by atoms with E-state index in [4.69, 9.17) is 0 Å². The average Bonchev–Trinajstić information content (AvgIpc) is 3.09. The normalized spacial score (nSPS) is 11.2. The second kappa shape index (κ2) is 7.36. The molecule has 0 fully saturated rings. The second-order valence-corrected chi connectivity index (χ2v) is 7.17. The first-order valence-electron chi connectivity index (χ1n) is 8.76. The van der Waals surface area contributed by atoms with Gasteiger partial charge in [0.1, 0.15) is 5.65 Å². The van der Waals surface area contributed by atoms with Gasteiger partial charge in [-0.3, -0.25) is 9.20 Å². The van der Waals surface area contributed by atoms with Crippen molar-refractivity contribution >= 4 is 17.4 Å². The number of thioether (sulfide) groups is 1. The van der Waals surface area contributed by atoms with Crippen LogP contribution in [0.25, 0.3) is 17.0 Å². The molecule has 0 unspecified atom stereocenters. The predicted molar refractivity (Wildman–Crippen MR) is 107 cm³/mol. The lowest BCUT2D eigenvalue weighted by molar-refractivity contribution is 0.687. The quantitative estimate of drug-likeness (QED) is 0.498. The number of pyridine rings is 1. The van der Waals surface area contributed by atoms with Crippen LogP contribution in [0.5, 0.6) is 0 Å². The number of rotatable bonds is 5. The molecule has 0 amide bonds. The Morgan fingerprint density at radius 2 is 1.89 bits per heavy atom. The molecule has 3 aromatic heterocycles. The summed E-state index contributed by atoms with van der Waals surface area (Å²) in [5.41, 5.74) is 3.45. The topological polar surface area (TPSA) is 65.1 Å². The molecule has 3 heterocycles. The van der Waals surface area contributed by atoms with Crippen LogP contribution in [0.2, 0.25) is 0 Å². The Bertz CT molecular complexity index is 1150. The molecule has 0 radical (unpaired) electrons. The highest BCUT2D eigenvalue weighted by Gasteiger charge is 2.13. The van der Waals surface area contributed by atoms with Crippen LogP contribution in [0.15, 0.2) is 64.7 Å². The molecule has 0 aliphatic rings. The van der Waals surface area contributed by atoms with Gasteiger partial charge in [0.15, 0.2) is 11.0 Å². The molecule has 0 atom stereocenters. The van der Waals surface area contributed by atoms with E-state index in [0.717, 1.165) is 34.3 Å². The van der Waals surface area contributed by atoms with Crippen molar-refractivity contribution in [3.05, 3.63) is 76.3 Å². The van der Waals surface area contributed by atoms with E-state index in [0.29, 0.717) is 11.4 Å². The van der Waals surface area contributed by atoms with Gasteiger partial charge >= 0.3 is 0 Å². The zero-order valence-corrected chi connectivity index (χ0v) is 16.0. The molecule has 0 saturated carbocycles. The predicted octanol–water partition coefficient (Wildman–Crippen LogP) is 3.57. The summed E-state index contributed by atoms with van der Waals surface area (Å²) >= 11 is 1.54. The van der Waals surface area contributed by atoms with Crippen molar-refractivity contribution in [2.24, 2.45) is 0 Å². The number of aromatic nitrogens is 5. The highest BCUT2D eigenvalue weighted by Crippen LogP contribution is 2.25.